The zero-order valence-electron chi connectivity index (χ0n) is 16.1. The van der Waals surface area contributed by atoms with Gasteiger partial charge in [0.2, 0.25) is 11.8 Å². The van der Waals surface area contributed by atoms with Crippen LogP contribution in [-0.4, -0.2) is 29.3 Å². The van der Waals surface area contributed by atoms with Crippen molar-refractivity contribution in [2.24, 2.45) is 0 Å². The smallest absolute Gasteiger partial charge is 0.416 e. The maximum atomic E-state index is 12.7. The zero-order chi connectivity index (χ0) is 21.1. The number of nitrogens with one attached hydrogen (secondary N) is 1. The van der Waals surface area contributed by atoms with Gasteiger partial charge in [-0.3, -0.25) is 9.59 Å². The number of carbonyl (C=O) groups excluding carboxylic acids is 2. The van der Waals surface area contributed by atoms with Crippen LogP contribution in [0.2, 0.25) is 0 Å². The second-order valence-electron chi connectivity index (χ2n) is 7.53. The molecule has 1 fully saturated rings. The third-order valence-electron chi connectivity index (χ3n) is 5.27. The lowest BCUT2D eigenvalue weighted by atomic mass is 9.87. The molecular formula is C21H23F3N2O3. The summed E-state index contributed by atoms with van der Waals surface area (Å²) in [5.41, 5.74) is -0.611. The van der Waals surface area contributed by atoms with Crippen molar-refractivity contribution < 1.29 is 27.2 Å². The van der Waals surface area contributed by atoms with E-state index in [1.54, 1.807) is 19.4 Å². The molecule has 1 aliphatic rings. The van der Waals surface area contributed by atoms with Crippen LogP contribution in [0.1, 0.15) is 42.6 Å². The summed E-state index contributed by atoms with van der Waals surface area (Å²) >= 11 is 0. The Morgan fingerprint density at radius 3 is 2.52 bits per heavy atom. The van der Waals surface area contributed by atoms with Gasteiger partial charge in [-0.25, -0.2) is 0 Å². The first-order valence-electron chi connectivity index (χ1n) is 9.40. The molecule has 1 atom stereocenters. The first kappa shape index (κ1) is 21.0. The molecular weight excluding hydrogens is 385 g/mol. The summed E-state index contributed by atoms with van der Waals surface area (Å²) in [6, 6.07) is 8.40. The second kappa shape index (κ2) is 8.31. The minimum atomic E-state index is -4.38. The molecule has 1 N–H and O–H groups in total. The van der Waals surface area contributed by atoms with Gasteiger partial charge in [-0.05, 0) is 42.7 Å². The number of rotatable bonds is 7. The summed E-state index contributed by atoms with van der Waals surface area (Å²) in [4.78, 5) is 25.8. The summed E-state index contributed by atoms with van der Waals surface area (Å²) in [6.45, 7) is 0.217. The Hall–Kier alpha value is -2.77. The van der Waals surface area contributed by atoms with E-state index in [1.807, 2.05) is 6.07 Å². The van der Waals surface area contributed by atoms with E-state index in [4.69, 9.17) is 4.42 Å². The molecule has 2 amide bonds. The lowest BCUT2D eigenvalue weighted by Crippen LogP contribution is -2.44. The van der Waals surface area contributed by atoms with Crippen molar-refractivity contribution in [2.75, 3.05) is 7.05 Å². The van der Waals surface area contributed by atoms with Gasteiger partial charge in [-0.1, -0.05) is 12.1 Å². The Kier molecular flexibility index (Phi) is 6.00. The second-order valence-corrected chi connectivity index (χ2v) is 7.53. The molecule has 0 radical (unpaired) electrons. The summed E-state index contributed by atoms with van der Waals surface area (Å²) in [6.07, 6.45) is -0.564. The fourth-order valence-electron chi connectivity index (χ4n) is 3.63. The van der Waals surface area contributed by atoms with E-state index in [0.29, 0.717) is 31.2 Å². The number of carbonyl (C=O) groups is 2. The van der Waals surface area contributed by atoms with E-state index >= 15 is 0 Å². The molecule has 3 rings (SSSR count). The van der Waals surface area contributed by atoms with Gasteiger partial charge < -0.3 is 14.6 Å². The Morgan fingerprint density at radius 1 is 1.24 bits per heavy atom. The van der Waals surface area contributed by atoms with Crippen molar-refractivity contribution in [3.05, 3.63) is 59.5 Å². The van der Waals surface area contributed by atoms with E-state index in [0.717, 1.165) is 17.9 Å². The van der Waals surface area contributed by atoms with Crippen LogP contribution < -0.4 is 5.32 Å². The molecule has 156 valence electrons. The highest BCUT2D eigenvalue weighted by atomic mass is 19.4. The van der Waals surface area contributed by atoms with E-state index in [-0.39, 0.29) is 24.8 Å². The molecule has 0 aliphatic carbocycles. The molecule has 5 nitrogen and oxygen atoms in total. The van der Waals surface area contributed by atoms with Gasteiger partial charge in [0.25, 0.3) is 0 Å². The van der Waals surface area contributed by atoms with Crippen LogP contribution >= 0.6 is 0 Å². The monoisotopic (exact) mass is 408 g/mol. The van der Waals surface area contributed by atoms with Gasteiger partial charge in [0.15, 0.2) is 0 Å². The number of hydrogen-bond donors (Lipinski definition) is 1. The summed E-state index contributed by atoms with van der Waals surface area (Å²) in [5, 5.41) is 2.99. The lowest BCUT2D eigenvalue weighted by molar-refractivity contribution is -0.137. The Bertz CT molecular complexity index is 847. The van der Waals surface area contributed by atoms with Crippen LogP contribution in [0.15, 0.2) is 47.1 Å². The van der Waals surface area contributed by atoms with Crippen LogP contribution in [0.5, 0.6) is 0 Å². The van der Waals surface area contributed by atoms with Crippen molar-refractivity contribution in [2.45, 2.75) is 50.4 Å². The molecule has 2 heterocycles. The maximum Gasteiger partial charge on any atom is 0.416 e. The topological polar surface area (TPSA) is 62.6 Å². The molecule has 1 saturated heterocycles. The van der Waals surface area contributed by atoms with E-state index < -0.39 is 17.3 Å². The molecule has 0 spiro atoms. The third kappa shape index (κ3) is 5.40. The normalized spacial score (nSPS) is 19.2. The van der Waals surface area contributed by atoms with Gasteiger partial charge in [0.05, 0.1) is 11.8 Å². The van der Waals surface area contributed by atoms with Gasteiger partial charge in [0, 0.05) is 38.4 Å². The minimum absolute atomic E-state index is 0.0397. The zero-order valence-corrected chi connectivity index (χ0v) is 16.1. The lowest BCUT2D eigenvalue weighted by Gasteiger charge is -2.29. The van der Waals surface area contributed by atoms with Crippen LogP contribution in [0, 0.1) is 0 Å². The fourth-order valence-corrected chi connectivity index (χ4v) is 3.63. The van der Waals surface area contributed by atoms with Gasteiger partial charge in [-0.15, -0.1) is 0 Å². The highest BCUT2D eigenvalue weighted by Crippen LogP contribution is 2.31. The number of amides is 2. The fraction of sp³-hybridized carbons (Fsp3) is 0.429. The van der Waals surface area contributed by atoms with Crippen LogP contribution in [-0.2, 0) is 28.7 Å². The highest BCUT2D eigenvalue weighted by Gasteiger charge is 2.38. The van der Waals surface area contributed by atoms with Crippen molar-refractivity contribution in [3.8, 4) is 0 Å². The van der Waals surface area contributed by atoms with Crippen molar-refractivity contribution in [3.63, 3.8) is 0 Å². The van der Waals surface area contributed by atoms with Crippen molar-refractivity contribution in [1.82, 2.24) is 10.2 Å². The number of alkyl halides is 3. The Balaban J connectivity index is 1.57. The Morgan fingerprint density at radius 2 is 1.97 bits per heavy atom. The number of benzene rings is 1. The molecule has 29 heavy (non-hydrogen) atoms. The predicted octanol–water partition coefficient (Wildman–Crippen LogP) is 3.93. The van der Waals surface area contributed by atoms with Crippen LogP contribution in [0.25, 0.3) is 0 Å². The molecule has 8 heteroatoms. The first-order valence-corrected chi connectivity index (χ1v) is 9.40. The van der Waals surface area contributed by atoms with Crippen LogP contribution in [0.3, 0.4) is 0 Å². The molecule has 1 aromatic heterocycles. The largest absolute Gasteiger partial charge is 0.469 e. The molecule has 1 aromatic carbocycles. The summed E-state index contributed by atoms with van der Waals surface area (Å²) < 4.78 is 43.4. The van der Waals surface area contributed by atoms with Gasteiger partial charge in [0.1, 0.15) is 5.76 Å². The first-order chi connectivity index (χ1) is 13.7. The molecule has 0 saturated carbocycles. The van der Waals surface area contributed by atoms with Gasteiger partial charge in [-0.2, -0.15) is 13.2 Å². The number of nitrogens with zero attached hydrogens (tertiary/aromatic N) is 1. The molecule has 2 aromatic rings. The van der Waals surface area contributed by atoms with Crippen molar-refractivity contribution >= 4 is 11.8 Å². The quantitative estimate of drug-likeness (QED) is 0.755. The predicted molar refractivity (Wildman–Crippen MR) is 99.7 cm³/mol. The third-order valence-corrected chi connectivity index (χ3v) is 5.27. The molecule has 0 unspecified atom stereocenters. The van der Waals surface area contributed by atoms with E-state index in [2.05, 4.69) is 5.32 Å². The highest BCUT2D eigenvalue weighted by molar-refractivity contribution is 5.80. The minimum Gasteiger partial charge on any atom is -0.469 e. The van der Waals surface area contributed by atoms with Crippen molar-refractivity contribution in [1.29, 1.82) is 0 Å². The summed E-state index contributed by atoms with van der Waals surface area (Å²) in [5.74, 6) is 0.574. The summed E-state index contributed by atoms with van der Waals surface area (Å²) in [7, 11) is 1.62. The van der Waals surface area contributed by atoms with Crippen LogP contribution in [0.4, 0.5) is 13.2 Å². The Labute approximate surface area is 166 Å². The average Bonchev–Trinajstić information content (AvgIpc) is 3.30. The standard InChI is InChI=1S/C21H23F3N2O3/c1-26(14-15-4-6-16(7-5-15)21(22,23)24)19(28)9-11-20(10-8-18(27)25-20)13-17-3-2-12-29-17/h2-7,12H,8-11,13-14H2,1H3,(H,25,27)/t20-/m1/s1. The number of hydrogen-bond acceptors (Lipinski definition) is 3. The van der Waals surface area contributed by atoms with Gasteiger partial charge >= 0.3 is 6.18 Å². The van der Waals surface area contributed by atoms with E-state index in [9.17, 15) is 22.8 Å². The average molecular weight is 408 g/mol. The number of halogens is 3. The SMILES string of the molecule is CN(Cc1ccc(C(F)(F)F)cc1)C(=O)CC[C@@]1(Cc2ccco2)CCC(=O)N1. The number of furan rings is 1. The molecule has 0 bridgehead atoms. The maximum absolute atomic E-state index is 12.7. The van der Waals surface area contributed by atoms with E-state index in [1.165, 1.54) is 17.0 Å². The molecule has 1 aliphatic heterocycles.